The van der Waals surface area contributed by atoms with Crippen LogP contribution in [0, 0.1) is 0 Å². The van der Waals surface area contributed by atoms with E-state index in [0.717, 1.165) is 51.4 Å². The highest BCUT2D eigenvalue weighted by atomic mass is 16.6. The van der Waals surface area contributed by atoms with Crippen LogP contribution in [0.2, 0.25) is 0 Å². The van der Waals surface area contributed by atoms with Gasteiger partial charge in [-0.3, -0.25) is 9.59 Å². The number of hydrogen-bond acceptors (Lipinski definition) is 6. The first-order valence-electron chi connectivity index (χ1n) is 24.7. The Hall–Kier alpha value is -1.93. The highest BCUT2D eigenvalue weighted by Gasteiger charge is 2.31. The zero-order valence-electron chi connectivity index (χ0n) is 39.0. The molecule has 58 heavy (non-hydrogen) atoms. The number of ether oxygens (including phenoxy) is 3. The number of carbonyl (C=O) groups excluding carboxylic acids is 2. The lowest BCUT2D eigenvalue weighted by molar-refractivity contribution is -0.887. The van der Waals surface area contributed by atoms with Gasteiger partial charge in [0, 0.05) is 19.3 Å². The van der Waals surface area contributed by atoms with Crippen molar-refractivity contribution in [2.75, 3.05) is 41.0 Å². The molecule has 0 aliphatic rings. The topological polar surface area (TPSA) is 99.1 Å². The number of hydrogen-bond donors (Lipinski definition) is 1. The summed E-state index contributed by atoms with van der Waals surface area (Å²) in [5.74, 6) is -1.46. The normalized spacial score (nSPS) is 12.9. The third kappa shape index (κ3) is 39.5. The van der Waals surface area contributed by atoms with Crippen molar-refractivity contribution in [3.8, 4) is 0 Å². The van der Waals surface area contributed by atoms with Gasteiger partial charge in [0.2, 0.25) is 0 Å². The molecule has 0 rings (SSSR count). The molecule has 2 unspecified atom stereocenters. The average Bonchev–Trinajstić information content (AvgIpc) is 3.18. The van der Waals surface area contributed by atoms with Crippen molar-refractivity contribution >= 4 is 17.9 Å². The number of aliphatic carboxylic acids is 1. The molecule has 0 saturated carbocycles. The molecule has 0 radical (unpaired) electrons. The molecule has 0 aromatic carbocycles. The molecule has 0 amide bonds. The summed E-state index contributed by atoms with van der Waals surface area (Å²) in [7, 11) is 5.54. The van der Waals surface area contributed by atoms with Gasteiger partial charge >= 0.3 is 17.9 Å². The van der Waals surface area contributed by atoms with Crippen LogP contribution in [-0.4, -0.2) is 80.6 Å². The molecule has 0 fully saturated rings. The maximum absolute atomic E-state index is 12.7. The van der Waals surface area contributed by atoms with E-state index in [0.29, 0.717) is 19.3 Å². The monoisotopic (exact) mass is 823 g/mol. The van der Waals surface area contributed by atoms with E-state index in [1.807, 2.05) is 21.1 Å². The van der Waals surface area contributed by atoms with Crippen LogP contribution in [0.1, 0.15) is 239 Å². The maximum atomic E-state index is 12.7. The number of carboxylic acids is 1. The van der Waals surface area contributed by atoms with Gasteiger partial charge in [-0.1, -0.05) is 193 Å². The van der Waals surface area contributed by atoms with Gasteiger partial charge in [-0.15, -0.1) is 0 Å². The fourth-order valence-electron chi connectivity index (χ4n) is 7.56. The summed E-state index contributed by atoms with van der Waals surface area (Å²) in [6, 6.07) is -0.612. The first kappa shape index (κ1) is 56.1. The van der Waals surface area contributed by atoms with Crippen molar-refractivity contribution in [2.24, 2.45) is 0 Å². The molecule has 0 aromatic rings. The summed E-state index contributed by atoms with van der Waals surface area (Å²) in [4.78, 5) is 37.1. The molecular weight excluding hydrogens is 727 g/mol. The van der Waals surface area contributed by atoms with E-state index < -0.39 is 18.1 Å². The lowest BCUT2D eigenvalue weighted by Crippen LogP contribution is -2.50. The highest BCUT2D eigenvalue weighted by molar-refractivity contribution is 5.72. The number of carbonyl (C=O) groups is 3. The van der Waals surface area contributed by atoms with Crippen LogP contribution in [0.4, 0.5) is 0 Å². The largest absolute Gasteiger partial charge is 0.477 e. The van der Waals surface area contributed by atoms with E-state index >= 15 is 0 Å². The molecule has 0 aliphatic carbocycles. The highest BCUT2D eigenvalue weighted by Crippen LogP contribution is 2.16. The number of rotatable bonds is 45. The van der Waals surface area contributed by atoms with Gasteiger partial charge in [0.25, 0.3) is 0 Å². The minimum Gasteiger partial charge on any atom is -0.477 e. The van der Waals surface area contributed by atoms with Crippen molar-refractivity contribution in [3.05, 3.63) is 12.2 Å². The number of allylic oxidation sites excluding steroid dienone is 2. The molecule has 2 atom stereocenters. The van der Waals surface area contributed by atoms with Crippen LogP contribution in [-0.2, 0) is 28.6 Å². The predicted octanol–water partition coefficient (Wildman–Crippen LogP) is 13.9. The SMILES string of the molecule is CCCCCCCC/C=C\CCCCCCCC(=O)OC(COCCC(C(=O)O)[N+](C)(C)C)COC(=O)CCCCCCCCCCCCCCCCCCCCC. The van der Waals surface area contributed by atoms with E-state index in [-0.39, 0.29) is 36.2 Å². The number of likely N-dealkylation sites (N-methyl/N-ethyl adjacent to an activating group) is 1. The van der Waals surface area contributed by atoms with E-state index in [4.69, 9.17) is 14.2 Å². The zero-order chi connectivity index (χ0) is 42.8. The van der Waals surface area contributed by atoms with Crippen LogP contribution in [0.5, 0.6) is 0 Å². The molecule has 0 saturated heterocycles. The maximum Gasteiger partial charge on any atom is 0.362 e. The summed E-state index contributed by atoms with van der Waals surface area (Å²) in [6.07, 6.45) is 45.4. The quantitative estimate of drug-likeness (QED) is 0.0283. The predicted molar refractivity (Wildman–Crippen MR) is 243 cm³/mol. The molecule has 0 heterocycles. The molecule has 0 spiro atoms. The lowest BCUT2D eigenvalue weighted by Gasteiger charge is -2.31. The summed E-state index contributed by atoms with van der Waals surface area (Å²) < 4.78 is 17.3. The van der Waals surface area contributed by atoms with Gasteiger partial charge in [-0.25, -0.2) is 4.79 Å². The Balaban J connectivity index is 4.23. The van der Waals surface area contributed by atoms with Gasteiger partial charge in [0.05, 0.1) is 34.4 Å². The van der Waals surface area contributed by atoms with E-state index in [1.54, 1.807) is 0 Å². The van der Waals surface area contributed by atoms with Crippen molar-refractivity contribution in [1.29, 1.82) is 0 Å². The molecule has 342 valence electrons. The summed E-state index contributed by atoms with van der Waals surface area (Å²) >= 11 is 0. The Morgan fingerprint density at radius 2 is 0.862 bits per heavy atom. The van der Waals surface area contributed by atoms with Gasteiger partial charge in [0.15, 0.2) is 12.1 Å². The van der Waals surface area contributed by atoms with Gasteiger partial charge < -0.3 is 23.8 Å². The third-order valence-corrected chi connectivity index (χ3v) is 11.4. The van der Waals surface area contributed by atoms with Gasteiger partial charge in [-0.2, -0.15) is 0 Å². The Kier molecular flexibility index (Phi) is 40.4. The Labute approximate surface area is 359 Å². The third-order valence-electron chi connectivity index (χ3n) is 11.4. The van der Waals surface area contributed by atoms with Crippen LogP contribution >= 0.6 is 0 Å². The van der Waals surface area contributed by atoms with Gasteiger partial charge in [-0.05, 0) is 38.5 Å². The number of unbranched alkanes of at least 4 members (excludes halogenated alkanes) is 29. The molecule has 1 N–H and O–H groups in total. The summed E-state index contributed by atoms with van der Waals surface area (Å²) in [5.41, 5.74) is 0. The van der Waals surface area contributed by atoms with E-state index in [9.17, 15) is 19.5 Å². The fourth-order valence-corrected chi connectivity index (χ4v) is 7.56. The van der Waals surface area contributed by atoms with Crippen molar-refractivity contribution in [1.82, 2.24) is 0 Å². The second kappa shape index (κ2) is 41.8. The summed E-state index contributed by atoms with van der Waals surface area (Å²) in [5, 5.41) is 9.64. The summed E-state index contributed by atoms with van der Waals surface area (Å²) in [6.45, 7) is 4.76. The van der Waals surface area contributed by atoms with Crippen LogP contribution in [0.3, 0.4) is 0 Å². The zero-order valence-corrected chi connectivity index (χ0v) is 39.0. The molecule has 8 nitrogen and oxygen atoms in total. The Morgan fingerprint density at radius 1 is 0.500 bits per heavy atom. The molecule has 0 aliphatic heterocycles. The number of carboxylic acid groups (broad SMARTS) is 1. The van der Waals surface area contributed by atoms with Crippen molar-refractivity contribution in [2.45, 2.75) is 251 Å². The number of esters is 2. The standard InChI is InChI=1S/C50H95NO7/c1-6-8-10-12-14-16-18-20-22-23-24-25-27-28-30-32-34-36-38-40-48(52)57-45-46(44-56-43-42-47(50(54)55)51(3,4)5)58-49(53)41-39-37-35-33-31-29-26-21-19-17-15-13-11-9-7-2/h21,26,46-47H,6-20,22-25,27-45H2,1-5H3/p+1/b26-21-. The molecule has 8 heteroatoms. The minimum atomic E-state index is -0.872. The molecular formula is C50H96NO7+. The van der Waals surface area contributed by atoms with Crippen LogP contribution in [0.15, 0.2) is 12.2 Å². The minimum absolute atomic E-state index is 0.0479. The van der Waals surface area contributed by atoms with E-state index in [1.165, 1.54) is 154 Å². The van der Waals surface area contributed by atoms with Crippen molar-refractivity contribution < 1.29 is 38.2 Å². The lowest BCUT2D eigenvalue weighted by atomic mass is 10.0. The second-order valence-corrected chi connectivity index (χ2v) is 18.1. The first-order chi connectivity index (χ1) is 28.1. The van der Waals surface area contributed by atoms with Crippen LogP contribution < -0.4 is 0 Å². The number of nitrogens with zero attached hydrogens (tertiary/aromatic N) is 1. The second-order valence-electron chi connectivity index (χ2n) is 18.1. The molecule has 0 aromatic heterocycles. The average molecular weight is 823 g/mol. The van der Waals surface area contributed by atoms with Crippen molar-refractivity contribution in [3.63, 3.8) is 0 Å². The number of quaternary nitrogens is 1. The Bertz CT molecular complexity index is 962. The van der Waals surface area contributed by atoms with Gasteiger partial charge in [0.1, 0.15) is 6.61 Å². The smallest absolute Gasteiger partial charge is 0.362 e. The fraction of sp³-hybridized carbons (Fsp3) is 0.900. The Morgan fingerprint density at radius 3 is 1.24 bits per heavy atom. The first-order valence-corrected chi connectivity index (χ1v) is 24.7. The molecule has 0 bridgehead atoms. The van der Waals surface area contributed by atoms with Crippen LogP contribution in [0.25, 0.3) is 0 Å². The van der Waals surface area contributed by atoms with E-state index in [2.05, 4.69) is 26.0 Å².